The number of carbonyl (C=O) groups excluding carboxylic acids is 2. The third-order valence-electron chi connectivity index (χ3n) is 4.06. The van der Waals surface area contributed by atoms with Crippen molar-refractivity contribution in [3.63, 3.8) is 0 Å². The Hall–Kier alpha value is -1.24. The van der Waals surface area contributed by atoms with Gasteiger partial charge in [-0.2, -0.15) is 0 Å². The number of carbonyl (C=O) groups is 2. The number of benzene rings is 2. The monoisotopic (exact) mass is 638 g/mol. The lowest BCUT2D eigenvalue weighted by Gasteiger charge is -2.23. The molecule has 0 N–H and O–H groups in total. The fraction of sp³-hybridized carbons (Fsp3) is 0.364. The van der Waals surface area contributed by atoms with Gasteiger partial charge in [0.25, 0.3) is 0 Å². The van der Waals surface area contributed by atoms with E-state index in [0.29, 0.717) is 47.0 Å². The summed E-state index contributed by atoms with van der Waals surface area (Å²) in [6.45, 7) is 8.38. The van der Waals surface area contributed by atoms with Crippen LogP contribution in [0.1, 0.15) is 48.4 Å². The third kappa shape index (κ3) is 6.38. The maximum absolute atomic E-state index is 11.5. The van der Waals surface area contributed by atoms with E-state index in [1.807, 2.05) is 13.8 Å². The number of hydrogen-bond donors (Lipinski definition) is 0. The molecule has 0 fully saturated rings. The molecule has 0 aliphatic carbocycles. The third-order valence-corrected chi connectivity index (χ3v) is 5.67. The van der Waals surface area contributed by atoms with Crippen molar-refractivity contribution in [1.82, 2.24) is 0 Å². The van der Waals surface area contributed by atoms with E-state index in [9.17, 15) is 9.59 Å². The predicted molar refractivity (Wildman–Crippen MR) is 132 cm³/mol. The molecule has 2 aromatic carbocycles. The molecule has 0 heterocycles. The van der Waals surface area contributed by atoms with Gasteiger partial charge in [-0.3, -0.25) is 9.59 Å². The van der Waals surface area contributed by atoms with E-state index < -0.39 is 12.6 Å². The lowest BCUT2D eigenvalue weighted by Crippen LogP contribution is -2.18. The van der Waals surface area contributed by atoms with Gasteiger partial charge in [0, 0.05) is 35.5 Å². The van der Waals surface area contributed by atoms with E-state index in [-0.39, 0.29) is 0 Å². The Morgan fingerprint density at radius 1 is 0.767 bits per heavy atom. The number of rotatable bonds is 11. The largest absolute Gasteiger partial charge is 0.463 e. The molecule has 162 valence electrons. The van der Waals surface area contributed by atoms with Crippen LogP contribution in [-0.4, -0.2) is 38.4 Å². The maximum Gasteiger partial charge on any atom is 0.197 e. The lowest BCUT2D eigenvalue weighted by molar-refractivity contribution is -0.0628. The molecule has 8 heteroatoms. The molecule has 2 aromatic rings. The van der Waals surface area contributed by atoms with E-state index in [0.717, 1.165) is 19.7 Å². The quantitative estimate of drug-likeness (QED) is 0.179. The molecule has 0 amide bonds. The summed E-state index contributed by atoms with van der Waals surface area (Å²) < 4.78 is 24.7. The van der Waals surface area contributed by atoms with Crippen molar-refractivity contribution < 1.29 is 28.5 Å². The van der Waals surface area contributed by atoms with Gasteiger partial charge in [-0.05, 0) is 97.1 Å². The average molecular weight is 638 g/mol. The minimum absolute atomic E-state index is 0.487. The molecule has 0 bridgehead atoms. The number of aldehydes is 2. The van der Waals surface area contributed by atoms with Crippen molar-refractivity contribution in [2.75, 3.05) is 13.2 Å². The zero-order valence-corrected chi connectivity index (χ0v) is 21.6. The number of halogens is 2. The Balaban J connectivity index is 2.73. The standard InChI is InChI=1S/C22H24I2O6/c1-5-27-13(3)29-21-17(7-15(11-25)9-19(21)23)18-8-16(12-26)10-20(24)22(18)30-14(4)28-6-2/h7-14H,5-6H2,1-4H3. The fourth-order valence-electron chi connectivity index (χ4n) is 2.87. The van der Waals surface area contributed by atoms with Gasteiger partial charge < -0.3 is 18.9 Å². The van der Waals surface area contributed by atoms with Crippen LogP contribution in [0.2, 0.25) is 0 Å². The van der Waals surface area contributed by atoms with Crippen molar-refractivity contribution >= 4 is 57.8 Å². The van der Waals surface area contributed by atoms with Crippen LogP contribution in [0.5, 0.6) is 11.5 Å². The maximum atomic E-state index is 11.5. The molecule has 6 nitrogen and oxygen atoms in total. The van der Waals surface area contributed by atoms with Gasteiger partial charge in [-0.25, -0.2) is 0 Å². The van der Waals surface area contributed by atoms with Crippen LogP contribution in [0, 0.1) is 7.14 Å². The molecular weight excluding hydrogens is 614 g/mol. The fourth-order valence-corrected chi connectivity index (χ4v) is 4.43. The van der Waals surface area contributed by atoms with Crippen LogP contribution in [0.3, 0.4) is 0 Å². The zero-order valence-electron chi connectivity index (χ0n) is 17.2. The molecule has 2 unspecified atom stereocenters. The summed E-state index contributed by atoms with van der Waals surface area (Å²) in [5.74, 6) is 1.10. The normalized spacial score (nSPS) is 12.9. The Morgan fingerprint density at radius 2 is 1.13 bits per heavy atom. The topological polar surface area (TPSA) is 71.1 Å². The summed E-state index contributed by atoms with van der Waals surface area (Å²) in [7, 11) is 0. The first-order valence-corrected chi connectivity index (χ1v) is 11.6. The Kier molecular flexibility index (Phi) is 9.98. The molecule has 30 heavy (non-hydrogen) atoms. The second-order valence-electron chi connectivity index (χ2n) is 6.28. The Morgan fingerprint density at radius 3 is 1.43 bits per heavy atom. The minimum atomic E-state index is -0.496. The van der Waals surface area contributed by atoms with E-state index in [1.54, 1.807) is 38.1 Å². The van der Waals surface area contributed by atoms with Gasteiger partial charge in [0.1, 0.15) is 24.1 Å². The summed E-state index contributed by atoms with van der Waals surface area (Å²) >= 11 is 4.25. The van der Waals surface area contributed by atoms with Gasteiger partial charge in [0.15, 0.2) is 12.6 Å². The second kappa shape index (κ2) is 12.0. The van der Waals surface area contributed by atoms with Crippen LogP contribution in [0.4, 0.5) is 0 Å². The Bertz CT molecular complexity index is 826. The second-order valence-corrected chi connectivity index (χ2v) is 8.60. The first kappa shape index (κ1) is 25.0. The SMILES string of the molecule is CCOC(C)Oc1c(I)cc(C=O)cc1-c1cc(C=O)cc(I)c1OC(C)OCC. The van der Waals surface area contributed by atoms with Crippen molar-refractivity contribution in [3.05, 3.63) is 42.5 Å². The Labute approximate surface area is 203 Å². The summed E-state index contributed by atoms with van der Waals surface area (Å²) in [5, 5.41) is 0. The zero-order chi connectivity index (χ0) is 22.3. The molecule has 0 aliphatic heterocycles. The molecule has 2 rings (SSSR count). The van der Waals surface area contributed by atoms with Crippen molar-refractivity contribution in [1.29, 1.82) is 0 Å². The molecule has 0 aromatic heterocycles. The molecule has 0 aliphatic rings. The summed E-state index contributed by atoms with van der Waals surface area (Å²) in [6, 6.07) is 6.93. The van der Waals surface area contributed by atoms with Gasteiger partial charge >= 0.3 is 0 Å². The highest BCUT2D eigenvalue weighted by Crippen LogP contribution is 2.43. The van der Waals surface area contributed by atoms with Gasteiger partial charge in [-0.1, -0.05) is 0 Å². The number of ether oxygens (including phenoxy) is 4. The van der Waals surface area contributed by atoms with Gasteiger partial charge in [-0.15, -0.1) is 0 Å². The molecule has 0 saturated heterocycles. The summed E-state index contributed by atoms with van der Waals surface area (Å²) in [4.78, 5) is 23.1. The first-order valence-electron chi connectivity index (χ1n) is 9.48. The van der Waals surface area contributed by atoms with Crippen LogP contribution in [0.15, 0.2) is 24.3 Å². The summed E-state index contributed by atoms with van der Waals surface area (Å²) in [5.41, 5.74) is 2.24. The van der Waals surface area contributed by atoms with Crippen LogP contribution < -0.4 is 9.47 Å². The molecule has 0 spiro atoms. The number of hydrogen-bond acceptors (Lipinski definition) is 6. The van der Waals surface area contributed by atoms with Crippen molar-refractivity contribution in [2.24, 2.45) is 0 Å². The van der Waals surface area contributed by atoms with E-state index in [4.69, 9.17) is 18.9 Å². The smallest absolute Gasteiger partial charge is 0.197 e. The summed E-state index contributed by atoms with van der Waals surface area (Å²) in [6.07, 6.45) is 0.562. The van der Waals surface area contributed by atoms with E-state index in [1.165, 1.54) is 0 Å². The van der Waals surface area contributed by atoms with Gasteiger partial charge in [0.2, 0.25) is 0 Å². The van der Waals surface area contributed by atoms with Crippen molar-refractivity contribution in [3.8, 4) is 22.6 Å². The lowest BCUT2D eigenvalue weighted by atomic mass is 9.99. The van der Waals surface area contributed by atoms with Crippen molar-refractivity contribution in [2.45, 2.75) is 40.3 Å². The molecular formula is C22H24I2O6. The highest BCUT2D eigenvalue weighted by molar-refractivity contribution is 14.1. The first-order chi connectivity index (χ1) is 14.3. The highest BCUT2D eigenvalue weighted by atomic mass is 127. The van der Waals surface area contributed by atoms with Crippen LogP contribution in [0.25, 0.3) is 11.1 Å². The van der Waals surface area contributed by atoms with Crippen LogP contribution >= 0.6 is 45.2 Å². The average Bonchev–Trinajstić information content (AvgIpc) is 2.71. The minimum Gasteiger partial charge on any atom is -0.463 e. The molecule has 0 radical (unpaired) electrons. The molecule has 0 saturated carbocycles. The predicted octanol–water partition coefficient (Wildman–Crippen LogP) is 5.71. The van der Waals surface area contributed by atoms with Gasteiger partial charge in [0.05, 0.1) is 7.14 Å². The van der Waals surface area contributed by atoms with E-state index >= 15 is 0 Å². The highest BCUT2D eigenvalue weighted by Gasteiger charge is 2.22. The molecule has 2 atom stereocenters. The van der Waals surface area contributed by atoms with E-state index in [2.05, 4.69) is 45.2 Å². The van der Waals surface area contributed by atoms with Crippen LogP contribution in [-0.2, 0) is 9.47 Å².